The second-order valence-electron chi connectivity index (χ2n) is 7.23. The highest BCUT2D eigenvalue weighted by atomic mass is 16.5. The number of rotatable bonds is 8. The van der Waals surface area contributed by atoms with Crippen molar-refractivity contribution in [3.8, 4) is 0 Å². The zero-order valence-corrected chi connectivity index (χ0v) is 16.5. The third-order valence-corrected chi connectivity index (χ3v) is 5.49. The smallest absolute Gasteiger partial charge is 0.317 e. The Bertz CT molecular complexity index is 431. The molecule has 0 unspecified atom stereocenters. The van der Waals surface area contributed by atoms with Gasteiger partial charge in [0.05, 0.1) is 12.5 Å². The lowest BCUT2D eigenvalue weighted by atomic mass is 9.97. The highest BCUT2D eigenvalue weighted by Crippen LogP contribution is 2.18. The summed E-state index contributed by atoms with van der Waals surface area (Å²) in [5.41, 5.74) is 0. The summed E-state index contributed by atoms with van der Waals surface area (Å²) in [4.78, 5) is 30.8. The standard InChI is InChI=1S/C19H36N4O3/c1-3-21-13-15-22(16-14-21)10-6-5-9-20-19(25)23-11-7-17(8-12-23)18(24)26-4-2/h17H,3-16H2,1-2H3,(H,20,25). The molecule has 150 valence electrons. The van der Waals surface area contributed by atoms with E-state index in [0.717, 1.165) is 45.6 Å². The number of hydrogen-bond donors (Lipinski definition) is 1. The Morgan fingerprint density at radius 3 is 2.23 bits per heavy atom. The van der Waals surface area contributed by atoms with Crippen molar-refractivity contribution < 1.29 is 14.3 Å². The lowest BCUT2D eigenvalue weighted by molar-refractivity contribution is -0.149. The first-order valence-electron chi connectivity index (χ1n) is 10.3. The number of nitrogens with one attached hydrogen (secondary N) is 1. The van der Waals surface area contributed by atoms with E-state index in [0.29, 0.717) is 32.5 Å². The minimum absolute atomic E-state index is 0.00358. The lowest BCUT2D eigenvalue weighted by Crippen LogP contribution is -2.46. The van der Waals surface area contributed by atoms with E-state index in [9.17, 15) is 9.59 Å². The van der Waals surface area contributed by atoms with Gasteiger partial charge in [0.1, 0.15) is 0 Å². The minimum atomic E-state index is -0.118. The Balaban J connectivity index is 1.51. The molecule has 0 aromatic rings. The van der Waals surface area contributed by atoms with E-state index in [2.05, 4.69) is 22.0 Å². The van der Waals surface area contributed by atoms with Crippen molar-refractivity contribution in [2.24, 2.45) is 5.92 Å². The van der Waals surface area contributed by atoms with Gasteiger partial charge in [0.2, 0.25) is 0 Å². The number of ether oxygens (including phenoxy) is 1. The van der Waals surface area contributed by atoms with E-state index in [-0.39, 0.29) is 17.9 Å². The van der Waals surface area contributed by atoms with Crippen LogP contribution in [0.2, 0.25) is 0 Å². The molecular formula is C19H36N4O3. The Morgan fingerprint density at radius 1 is 0.962 bits per heavy atom. The van der Waals surface area contributed by atoms with Crippen molar-refractivity contribution in [1.82, 2.24) is 20.0 Å². The third kappa shape index (κ3) is 6.76. The molecule has 0 aromatic carbocycles. The predicted octanol–water partition coefficient (Wildman–Crippen LogP) is 1.39. The molecule has 2 aliphatic rings. The Morgan fingerprint density at radius 2 is 1.62 bits per heavy atom. The van der Waals surface area contributed by atoms with Crippen LogP contribution in [0.3, 0.4) is 0 Å². The van der Waals surface area contributed by atoms with Gasteiger partial charge in [-0.3, -0.25) is 4.79 Å². The molecule has 0 aliphatic carbocycles. The summed E-state index contributed by atoms with van der Waals surface area (Å²) in [5.74, 6) is -0.167. The summed E-state index contributed by atoms with van der Waals surface area (Å²) in [6.45, 7) is 13.4. The quantitative estimate of drug-likeness (QED) is 0.518. The van der Waals surface area contributed by atoms with Crippen molar-refractivity contribution in [2.75, 3.05) is 65.5 Å². The van der Waals surface area contributed by atoms with Crippen molar-refractivity contribution in [1.29, 1.82) is 0 Å². The van der Waals surface area contributed by atoms with Crippen LogP contribution in [0.15, 0.2) is 0 Å². The monoisotopic (exact) mass is 368 g/mol. The molecule has 1 N–H and O–H groups in total. The SMILES string of the molecule is CCOC(=O)C1CCN(C(=O)NCCCCN2CCN(CC)CC2)CC1. The third-order valence-electron chi connectivity index (χ3n) is 5.49. The maximum atomic E-state index is 12.2. The van der Waals surface area contributed by atoms with Gasteiger partial charge in [-0.05, 0) is 45.7 Å². The molecule has 2 heterocycles. The summed E-state index contributed by atoms with van der Waals surface area (Å²) in [7, 11) is 0. The molecule has 2 aliphatic heterocycles. The molecule has 0 radical (unpaired) electrons. The van der Waals surface area contributed by atoms with Gasteiger partial charge < -0.3 is 24.8 Å². The van der Waals surface area contributed by atoms with E-state index in [1.54, 1.807) is 0 Å². The van der Waals surface area contributed by atoms with Crippen LogP contribution in [-0.4, -0.2) is 92.2 Å². The van der Waals surface area contributed by atoms with Gasteiger partial charge in [-0.15, -0.1) is 0 Å². The van der Waals surface area contributed by atoms with Crippen LogP contribution >= 0.6 is 0 Å². The number of unbranched alkanes of at least 4 members (excludes halogenated alkanes) is 1. The molecule has 2 fully saturated rings. The largest absolute Gasteiger partial charge is 0.466 e. The summed E-state index contributed by atoms with van der Waals surface area (Å²) in [6.07, 6.45) is 3.54. The number of carbonyl (C=O) groups is 2. The highest BCUT2D eigenvalue weighted by Gasteiger charge is 2.28. The summed E-state index contributed by atoms with van der Waals surface area (Å²) in [5, 5.41) is 3.02. The normalized spacial score (nSPS) is 20.2. The van der Waals surface area contributed by atoms with E-state index in [1.807, 2.05) is 11.8 Å². The van der Waals surface area contributed by atoms with E-state index in [1.165, 1.54) is 13.1 Å². The fraction of sp³-hybridized carbons (Fsp3) is 0.895. The first-order chi connectivity index (χ1) is 12.6. The molecule has 7 heteroatoms. The molecule has 0 spiro atoms. The van der Waals surface area contributed by atoms with E-state index in [4.69, 9.17) is 4.74 Å². The van der Waals surface area contributed by atoms with Crippen LogP contribution in [0.25, 0.3) is 0 Å². The van der Waals surface area contributed by atoms with Crippen LogP contribution in [-0.2, 0) is 9.53 Å². The number of carbonyl (C=O) groups excluding carboxylic acids is 2. The number of hydrogen-bond acceptors (Lipinski definition) is 5. The second-order valence-corrected chi connectivity index (χ2v) is 7.23. The first kappa shape index (κ1) is 21.0. The Kier molecular flexibility index (Phi) is 9.18. The molecule has 0 bridgehead atoms. The number of esters is 1. The zero-order valence-electron chi connectivity index (χ0n) is 16.5. The number of likely N-dealkylation sites (tertiary alicyclic amines) is 1. The maximum absolute atomic E-state index is 12.2. The average molecular weight is 369 g/mol. The molecule has 0 atom stereocenters. The van der Waals surface area contributed by atoms with E-state index < -0.39 is 0 Å². The number of piperidine rings is 1. The van der Waals surface area contributed by atoms with Crippen molar-refractivity contribution >= 4 is 12.0 Å². The summed E-state index contributed by atoms with van der Waals surface area (Å²) >= 11 is 0. The number of piperazine rings is 1. The molecule has 26 heavy (non-hydrogen) atoms. The number of likely N-dealkylation sites (N-methyl/N-ethyl adjacent to an activating group) is 1. The molecule has 0 aromatic heterocycles. The molecule has 0 saturated carbocycles. The number of urea groups is 1. The Hall–Kier alpha value is -1.34. The number of amides is 2. The summed E-state index contributed by atoms with van der Waals surface area (Å²) < 4.78 is 5.07. The van der Waals surface area contributed by atoms with Gasteiger partial charge in [-0.2, -0.15) is 0 Å². The molecule has 2 amide bonds. The molecule has 2 rings (SSSR count). The van der Waals surface area contributed by atoms with Crippen LogP contribution < -0.4 is 5.32 Å². The van der Waals surface area contributed by atoms with Gasteiger partial charge in [0.25, 0.3) is 0 Å². The molecule has 2 saturated heterocycles. The molecular weight excluding hydrogens is 332 g/mol. The van der Waals surface area contributed by atoms with Crippen molar-refractivity contribution in [3.63, 3.8) is 0 Å². The fourth-order valence-corrected chi connectivity index (χ4v) is 3.68. The highest BCUT2D eigenvalue weighted by molar-refractivity contribution is 5.76. The van der Waals surface area contributed by atoms with Crippen LogP contribution in [0.1, 0.15) is 39.5 Å². The van der Waals surface area contributed by atoms with Crippen molar-refractivity contribution in [2.45, 2.75) is 39.5 Å². The maximum Gasteiger partial charge on any atom is 0.317 e. The topological polar surface area (TPSA) is 65.1 Å². The van der Waals surface area contributed by atoms with Crippen LogP contribution in [0, 0.1) is 5.92 Å². The van der Waals surface area contributed by atoms with Gasteiger partial charge in [0, 0.05) is 45.8 Å². The van der Waals surface area contributed by atoms with Gasteiger partial charge in [-0.25, -0.2) is 4.79 Å². The van der Waals surface area contributed by atoms with Gasteiger partial charge in [-0.1, -0.05) is 6.92 Å². The zero-order chi connectivity index (χ0) is 18.8. The van der Waals surface area contributed by atoms with Crippen LogP contribution in [0.4, 0.5) is 4.79 Å². The average Bonchev–Trinajstić information content (AvgIpc) is 2.68. The fourth-order valence-electron chi connectivity index (χ4n) is 3.68. The number of nitrogens with zero attached hydrogens (tertiary/aromatic N) is 3. The first-order valence-corrected chi connectivity index (χ1v) is 10.3. The second kappa shape index (κ2) is 11.4. The van der Waals surface area contributed by atoms with Crippen LogP contribution in [0.5, 0.6) is 0 Å². The van der Waals surface area contributed by atoms with Gasteiger partial charge >= 0.3 is 12.0 Å². The lowest BCUT2D eigenvalue weighted by Gasteiger charge is -2.34. The predicted molar refractivity (Wildman–Crippen MR) is 102 cm³/mol. The Labute approximate surface area is 158 Å². The summed E-state index contributed by atoms with van der Waals surface area (Å²) in [6, 6.07) is 0.00358. The van der Waals surface area contributed by atoms with Gasteiger partial charge in [0.15, 0.2) is 0 Å². The van der Waals surface area contributed by atoms with E-state index >= 15 is 0 Å². The van der Waals surface area contributed by atoms with Crippen molar-refractivity contribution in [3.05, 3.63) is 0 Å². The minimum Gasteiger partial charge on any atom is -0.466 e. The molecule has 7 nitrogen and oxygen atoms in total.